The molecular formula is C20H26N2O. The van der Waals surface area contributed by atoms with Gasteiger partial charge in [-0.05, 0) is 43.7 Å². The molecule has 2 N–H and O–H groups in total. The lowest BCUT2D eigenvalue weighted by Gasteiger charge is -2.24. The summed E-state index contributed by atoms with van der Waals surface area (Å²) in [6.07, 6.45) is 13.0. The van der Waals surface area contributed by atoms with E-state index in [1.807, 2.05) is 29.2 Å². The van der Waals surface area contributed by atoms with E-state index in [0.717, 1.165) is 24.2 Å². The molecule has 0 fully saturated rings. The number of hydrogen-bond acceptors (Lipinski definition) is 2. The third-order valence-electron chi connectivity index (χ3n) is 4.05. The zero-order valence-corrected chi connectivity index (χ0v) is 14.3. The molecule has 0 aromatic heterocycles. The number of nitrogens with zero attached hydrogens (tertiary/aromatic N) is 1. The number of benzene rings is 1. The minimum absolute atomic E-state index is 0.0205. The summed E-state index contributed by atoms with van der Waals surface area (Å²) >= 11 is 0. The number of rotatable bonds is 1. The minimum Gasteiger partial charge on any atom is -0.333 e. The number of carbonyl (C=O) groups is 1. The fourth-order valence-electron chi connectivity index (χ4n) is 2.85. The van der Waals surface area contributed by atoms with Crippen molar-refractivity contribution in [1.29, 1.82) is 0 Å². The number of para-hydroxylation sites is 1. The highest BCUT2D eigenvalue weighted by molar-refractivity contribution is 5.98. The van der Waals surface area contributed by atoms with Gasteiger partial charge >= 0.3 is 0 Å². The second-order valence-electron chi connectivity index (χ2n) is 6.32. The molecule has 3 nitrogen and oxygen atoms in total. The zero-order chi connectivity index (χ0) is 16.9. The molecule has 1 aliphatic carbocycles. The summed E-state index contributed by atoms with van der Waals surface area (Å²) in [5, 5.41) is 0. The summed E-state index contributed by atoms with van der Waals surface area (Å²) in [5.41, 5.74) is 7.76. The lowest BCUT2D eigenvalue weighted by Crippen LogP contribution is -2.28. The summed E-state index contributed by atoms with van der Waals surface area (Å²) in [6, 6.07) is 8.23. The van der Waals surface area contributed by atoms with E-state index in [1.165, 1.54) is 12.6 Å². The smallest absolute Gasteiger partial charge is 0.231 e. The normalized spacial score (nSPS) is 19.0. The lowest BCUT2D eigenvalue weighted by atomic mass is 9.93. The van der Waals surface area contributed by atoms with Crippen LogP contribution in [0.4, 0.5) is 5.69 Å². The molecule has 3 heteroatoms. The Hall–Kier alpha value is -2.13. The Balaban J connectivity index is 0.000000924. The van der Waals surface area contributed by atoms with Gasteiger partial charge in [-0.1, -0.05) is 50.3 Å². The van der Waals surface area contributed by atoms with Gasteiger partial charge in [-0.3, -0.25) is 9.69 Å². The quantitative estimate of drug-likeness (QED) is 0.853. The van der Waals surface area contributed by atoms with Crippen molar-refractivity contribution >= 4 is 11.6 Å². The predicted molar refractivity (Wildman–Crippen MR) is 97.1 cm³/mol. The van der Waals surface area contributed by atoms with Gasteiger partial charge in [-0.25, -0.2) is 0 Å². The Bertz CT molecular complexity index is 653. The molecule has 0 unspecified atom stereocenters. The van der Waals surface area contributed by atoms with Crippen LogP contribution in [0.25, 0.3) is 0 Å². The SMILES string of the molecule is CC1(C)C=CC=C(N2C(=O)CCCc3ccccc32)C=C1.CN. The van der Waals surface area contributed by atoms with Crippen LogP contribution in [0.15, 0.2) is 60.3 Å². The number of anilines is 1. The standard InChI is InChI=1S/C19H21NO.CH5N/c1-19(2)13-6-9-16(12-14-19)20-17-10-4-3-7-15(17)8-5-11-18(20)21;1-2/h3-4,6-7,9-10,12-14H,5,8,11H2,1-2H3;2H2,1H3. The van der Waals surface area contributed by atoms with Gasteiger partial charge in [-0.2, -0.15) is 0 Å². The molecule has 0 saturated carbocycles. The maximum Gasteiger partial charge on any atom is 0.231 e. The molecule has 0 atom stereocenters. The number of fused-ring (bicyclic) bond motifs is 1. The lowest BCUT2D eigenvalue weighted by molar-refractivity contribution is -0.118. The van der Waals surface area contributed by atoms with Crippen LogP contribution in [0.1, 0.15) is 32.3 Å². The van der Waals surface area contributed by atoms with E-state index >= 15 is 0 Å². The predicted octanol–water partition coefficient (Wildman–Crippen LogP) is 3.97. The Morgan fingerprint density at radius 3 is 2.61 bits per heavy atom. The highest BCUT2D eigenvalue weighted by atomic mass is 16.2. The second kappa shape index (κ2) is 7.42. The first-order valence-electron chi connectivity index (χ1n) is 8.14. The van der Waals surface area contributed by atoms with E-state index in [-0.39, 0.29) is 11.3 Å². The largest absolute Gasteiger partial charge is 0.333 e. The second-order valence-corrected chi connectivity index (χ2v) is 6.32. The fraction of sp³-hybridized carbons (Fsp3) is 0.350. The summed E-state index contributed by atoms with van der Waals surface area (Å²) in [4.78, 5) is 14.5. The summed E-state index contributed by atoms with van der Waals surface area (Å²) in [7, 11) is 1.50. The minimum atomic E-state index is 0.0205. The number of aryl methyl sites for hydroxylation is 1. The maximum atomic E-state index is 12.6. The van der Waals surface area contributed by atoms with Gasteiger partial charge in [0.1, 0.15) is 0 Å². The number of nitrogens with two attached hydrogens (primary N) is 1. The molecule has 3 rings (SSSR count). The van der Waals surface area contributed by atoms with Crippen molar-refractivity contribution in [3.05, 3.63) is 65.9 Å². The number of allylic oxidation sites excluding steroid dienone is 5. The monoisotopic (exact) mass is 310 g/mol. The van der Waals surface area contributed by atoms with E-state index < -0.39 is 0 Å². The van der Waals surface area contributed by atoms with Crippen molar-refractivity contribution in [2.24, 2.45) is 11.1 Å². The molecule has 0 radical (unpaired) electrons. The van der Waals surface area contributed by atoms with Crippen molar-refractivity contribution < 1.29 is 4.79 Å². The third kappa shape index (κ3) is 3.99. The zero-order valence-electron chi connectivity index (χ0n) is 14.3. The van der Waals surface area contributed by atoms with Crippen molar-refractivity contribution in [3.8, 4) is 0 Å². The van der Waals surface area contributed by atoms with Crippen LogP contribution < -0.4 is 10.6 Å². The fourth-order valence-corrected chi connectivity index (χ4v) is 2.85. The van der Waals surface area contributed by atoms with Crippen LogP contribution in [-0.4, -0.2) is 13.0 Å². The van der Waals surface area contributed by atoms with E-state index in [9.17, 15) is 4.79 Å². The van der Waals surface area contributed by atoms with Gasteiger partial charge in [0.25, 0.3) is 0 Å². The molecule has 1 aromatic carbocycles. The van der Waals surface area contributed by atoms with Crippen LogP contribution >= 0.6 is 0 Å². The molecule has 0 bridgehead atoms. The van der Waals surface area contributed by atoms with Crippen LogP contribution in [0, 0.1) is 5.41 Å². The number of carbonyl (C=O) groups excluding carboxylic acids is 1. The Morgan fingerprint density at radius 1 is 1.09 bits per heavy atom. The topological polar surface area (TPSA) is 46.3 Å². The van der Waals surface area contributed by atoms with E-state index in [2.05, 4.69) is 50.0 Å². The number of amides is 1. The Morgan fingerprint density at radius 2 is 1.83 bits per heavy atom. The molecule has 1 amide bonds. The van der Waals surface area contributed by atoms with Gasteiger partial charge in [0.05, 0.1) is 5.69 Å². The molecule has 1 heterocycles. The molecule has 1 aliphatic heterocycles. The third-order valence-corrected chi connectivity index (χ3v) is 4.05. The molecule has 0 saturated heterocycles. The van der Waals surface area contributed by atoms with Crippen molar-refractivity contribution in [3.63, 3.8) is 0 Å². The van der Waals surface area contributed by atoms with E-state index in [4.69, 9.17) is 0 Å². The van der Waals surface area contributed by atoms with Crippen molar-refractivity contribution in [2.75, 3.05) is 11.9 Å². The van der Waals surface area contributed by atoms with E-state index in [1.54, 1.807) is 0 Å². The first-order chi connectivity index (χ1) is 11.1. The molecule has 23 heavy (non-hydrogen) atoms. The van der Waals surface area contributed by atoms with Crippen molar-refractivity contribution in [2.45, 2.75) is 33.1 Å². The van der Waals surface area contributed by atoms with Gasteiger partial charge in [0.2, 0.25) is 5.91 Å². The van der Waals surface area contributed by atoms with Crippen LogP contribution in [0.5, 0.6) is 0 Å². The summed E-state index contributed by atoms with van der Waals surface area (Å²) in [6.45, 7) is 4.32. The van der Waals surface area contributed by atoms with Crippen LogP contribution in [0.3, 0.4) is 0 Å². The van der Waals surface area contributed by atoms with Gasteiger partial charge in [-0.15, -0.1) is 0 Å². The van der Waals surface area contributed by atoms with Crippen LogP contribution in [-0.2, 0) is 11.2 Å². The molecule has 2 aliphatic rings. The van der Waals surface area contributed by atoms with E-state index in [0.29, 0.717) is 6.42 Å². The van der Waals surface area contributed by atoms with Gasteiger partial charge in [0, 0.05) is 17.5 Å². The first kappa shape index (κ1) is 17.2. The Labute approximate surface area is 139 Å². The van der Waals surface area contributed by atoms with Crippen molar-refractivity contribution in [1.82, 2.24) is 0 Å². The average Bonchev–Trinajstić information content (AvgIpc) is 2.82. The molecule has 1 aromatic rings. The van der Waals surface area contributed by atoms with Gasteiger partial charge in [0.15, 0.2) is 0 Å². The first-order valence-corrected chi connectivity index (χ1v) is 8.14. The number of hydrogen-bond donors (Lipinski definition) is 1. The summed E-state index contributed by atoms with van der Waals surface area (Å²) in [5.74, 6) is 0.184. The summed E-state index contributed by atoms with van der Waals surface area (Å²) < 4.78 is 0. The highest BCUT2D eigenvalue weighted by Gasteiger charge is 2.24. The Kier molecular flexibility index (Phi) is 5.56. The average molecular weight is 310 g/mol. The van der Waals surface area contributed by atoms with Gasteiger partial charge < -0.3 is 5.73 Å². The van der Waals surface area contributed by atoms with Crippen LogP contribution in [0.2, 0.25) is 0 Å². The highest BCUT2D eigenvalue weighted by Crippen LogP contribution is 2.32. The molecule has 122 valence electrons. The molecule has 0 spiro atoms. The molecular weight excluding hydrogens is 284 g/mol. The maximum absolute atomic E-state index is 12.6.